The van der Waals surface area contributed by atoms with E-state index in [4.69, 9.17) is 33.2 Å². The second-order valence-corrected chi connectivity index (χ2v) is 10.8. The van der Waals surface area contributed by atoms with Crippen LogP contribution in [0.4, 0.5) is 0 Å². The highest BCUT2D eigenvalue weighted by atomic mass is 35.5. The van der Waals surface area contributed by atoms with Crippen molar-refractivity contribution in [2.75, 3.05) is 13.1 Å². The van der Waals surface area contributed by atoms with E-state index in [0.717, 1.165) is 55.6 Å². The number of aryl methyl sites for hydroxylation is 1. The number of rotatable bonds is 8. The van der Waals surface area contributed by atoms with E-state index in [1.807, 2.05) is 30.5 Å². The second-order valence-electron chi connectivity index (χ2n) is 10.0. The lowest BCUT2D eigenvalue weighted by molar-refractivity contribution is 0.0950. The number of imidazole rings is 1. The predicted molar refractivity (Wildman–Crippen MR) is 145 cm³/mol. The van der Waals surface area contributed by atoms with Crippen LogP contribution in [0.15, 0.2) is 55.0 Å². The molecule has 3 atom stereocenters. The lowest BCUT2D eigenvalue weighted by Gasteiger charge is -2.34. The van der Waals surface area contributed by atoms with Gasteiger partial charge in [0.05, 0.1) is 44.9 Å². The van der Waals surface area contributed by atoms with Crippen LogP contribution in [0.2, 0.25) is 10.0 Å². The Morgan fingerprint density at radius 3 is 2.78 bits per heavy atom. The molecule has 0 spiro atoms. The molecule has 4 aromatic rings. The minimum absolute atomic E-state index is 0.253. The standard InChI is InChI=1S/C28H28Cl2N6O/c29-20-13-31-14-21(30)26(20)28(37)33-12-18-11-19(18)15-36(16-25-34-22-7-1-2-8-23(22)35-25)24-9-3-5-17-6-4-10-32-27(17)24/h1-2,4,6-8,10,13-14,18-19,24H,3,5,9,11-12,15-16H2,(H,33,37)(H,34,35). The Balaban J connectivity index is 1.17. The Hall–Kier alpha value is -3.00. The molecule has 1 amide bonds. The van der Waals surface area contributed by atoms with Gasteiger partial charge in [-0.25, -0.2) is 4.98 Å². The van der Waals surface area contributed by atoms with Gasteiger partial charge in [-0.05, 0) is 61.3 Å². The molecular weight excluding hydrogens is 507 g/mol. The summed E-state index contributed by atoms with van der Waals surface area (Å²) < 4.78 is 0. The molecular formula is C28H28Cl2N6O. The van der Waals surface area contributed by atoms with E-state index in [2.05, 4.69) is 32.3 Å². The van der Waals surface area contributed by atoms with Crippen LogP contribution in [0.1, 0.15) is 52.7 Å². The van der Waals surface area contributed by atoms with Crippen molar-refractivity contribution in [3.63, 3.8) is 0 Å². The molecule has 2 aliphatic carbocycles. The molecule has 1 saturated carbocycles. The van der Waals surface area contributed by atoms with Gasteiger partial charge < -0.3 is 10.3 Å². The molecule has 2 aliphatic rings. The average molecular weight is 535 g/mol. The first-order valence-electron chi connectivity index (χ1n) is 12.8. The van der Waals surface area contributed by atoms with Gasteiger partial charge in [-0.2, -0.15) is 0 Å². The summed E-state index contributed by atoms with van der Waals surface area (Å²) in [5, 5.41) is 3.55. The fourth-order valence-electron chi connectivity index (χ4n) is 5.54. The normalized spacial score (nSPS) is 20.7. The summed E-state index contributed by atoms with van der Waals surface area (Å²) in [6, 6.07) is 12.6. The monoisotopic (exact) mass is 534 g/mol. The van der Waals surface area contributed by atoms with E-state index < -0.39 is 0 Å². The maximum absolute atomic E-state index is 12.7. The van der Waals surface area contributed by atoms with Crippen LogP contribution in [0.5, 0.6) is 0 Å². The number of nitrogens with one attached hydrogen (secondary N) is 2. The smallest absolute Gasteiger partial charge is 0.254 e. The highest BCUT2D eigenvalue weighted by Crippen LogP contribution is 2.42. The van der Waals surface area contributed by atoms with Gasteiger partial charge in [-0.3, -0.25) is 19.7 Å². The summed E-state index contributed by atoms with van der Waals surface area (Å²) in [7, 11) is 0. The molecule has 9 heteroatoms. The largest absolute Gasteiger partial charge is 0.352 e. The molecule has 1 fully saturated rings. The minimum Gasteiger partial charge on any atom is -0.352 e. The number of carbonyl (C=O) groups excluding carboxylic acids is 1. The molecule has 37 heavy (non-hydrogen) atoms. The van der Waals surface area contributed by atoms with Gasteiger partial charge in [0.25, 0.3) is 5.91 Å². The number of H-pyrrole nitrogens is 1. The third-order valence-electron chi connectivity index (χ3n) is 7.54. The first-order chi connectivity index (χ1) is 18.1. The number of fused-ring (bicyclic) bond motifs is 2. The zero-order chi connectivity index (χ0) is 25.4. The van der Waals surface area contributed by atoms with Gasteiger partial charge in [0, 0.05) is 31.7 Å². The van der Waals surface area contributed by atoms with E-state index in [-0.39, 0.29) is 27.6 Å². The maximum atomic E-state index is 12.7. The molecule has 3 heterocycles. The average Bonchev–Trinajstić information content (AvgIpc) is 3.51. The van der Waals surface area contributed by atoms with Crippen LogP contribution in [-0.4, -0.2) is 43.8 Å². The fourth-order valence-corrected chi connectivity index (χ4v) is 6.08. The summed E-state index contributed by atoms with van der Waals surface area (Å²) in [5.41, 5.74) is 4.86. The van der Waals surface area contributed by atoms with Crippen molar-refractivity contribution >= 4 is 40.1 Å². The number of benzene rings is 1. The highest BCUT2D eigenvalue weighted by Gasteiger charge is 2.40. The van der Waals surface area contributed by atoms with Gasteiger partial charge in [0.15, 0.2) is 0 Å². The molecule has 0 radical (unpaired) electrons. The Morgan fingerprint density at radius 2 is 1.95 bits per heavy atom. The molecule has 3 aromatic heterocycles. The Kier molecular flexibility index (Phi) is 6.84. The van der Waals surface area contributed by atoms with Crippen molar-refractivity contribution in [3.8, 4) is 0 Å². The van der Waals surface area contributed by atoms with Gasteiger partial charge in [-0.1, -0.05) is 41.4 Å². The van der Waals surface area contributed by atoms with Crippen LogP contribution in [0.3, 0.4) is 0 Å². The summed E-state index contributed by atoms with van der Waals surface area (Å²) in [4.78, 5) is 32.3. The number of aromatic amines is 1. The van der Waals surface area contributed by atoms with Crippen molar-refractivity contribution in [1.29, 1.82) is 0 Å². The number of nitrogens with zero attached hydrogens (tertiary/aromatic N) is 4. The van der Waals surface area contributed by atoms with Gasteiger partial charge in [-0.15, -0.1) is 0 Å². The zero-order valence-electron chi connectivity index (χ0n) is 20.3. The van der Waals surface area contributed by atoms with E-state index >= 15 is 0 Å². The lowest BCUT2D eigenvalue weighted by Crippen LogP contribution is -2.34. The third kappa shape index (κ3) is 5.21. The van der Waals surface area contributed by atoms with Crippen molar-refractivity contribution in [1.82, 2.24) is 30.2 Å². The quantitative estimate of drug-likeness (QED) is 0.307. The molecule has 0 bridgehead atoms. The van der Waals surface area contributed by atoms with E-state index in [1.165, 1.54) is 23.7 Å². The summed E-state index contributed by atoms with van der Waals surface area (Å²) in [6.07, 6.45) is 9.16. The molecule has 0 aliphatic heterocycles. The molecule has 7 nitrogen and oxygen atoms in total. The number of para-hydroxylation sites is 2. The van der Waals surface area contributed by atoms with E-state index in [0.29, 0.717) is 18.4 Å². The SMILES string of the molecule is O=C(NCC1CC1CN(Cc1nc2ccccc2[nH]1)C1CCCc2cccnc21)c1c(Cl)cncc1Cl. The number of halogens is 2. The Labute approximate surface area is 225 Å². The zero-order valence-corrected chi connectivity index (χ0v) is 21.8. The van der Waals surface area contributed by atoms with Gasteiger partial charge in [0.2, 0.25) is 0 Å². The molecule has 6 rings (SSSR count). The lowest BCUT2D eigenvalue weighted by atomic mass is 9.90. The van der Waals surface area contributed by atoms with Crippen LogP contribution >= 0.6 is 23.2 Å². The highest BCUT2D eigenvalue weighted by molar-refractivity contribution is 6.39. The van der Waals surface area contributed by atoms with Gasteiger partial charge >= 0.3 is 0 Å². The van der Waals surface area contributed by atoms with Crippen molar-refractivity contribution in [3.05, 3.63) is 87.7 Å². The van der Waals surface area contributed by atoms with Crippen LogP contribution in [0, 0.1) is 11.8 Å². The summed E-state index contributed by atoms with van der Waals surface area (Å²) in [6.45, 7) is 2.25. The van der Waals surface area contributed by atoms with Gasteiger partial charge in [0.1, 0.15) is 5.82 Å². The fraction of sp³-hybridized carbons (Fsp3) is 0.357. The topological polar surface area (TPSA) is 86.8 Å². The molecule has 3 unspecified atom stereocenters. The third-order valence-corrected chi connectivity index (χ3v) is 8.11. The molecule has 2 N–H and O–H groups in total. The number of hydrogen-bond acceptors (Lipinski definition) is 5. The molecule has 190 valence electrons. The Morgan fingerprint density at radius 1 is 1.11 bits per heavy atom. The molecule has 0 saturated heterocycles. The number of pyridine rings is 2. The predicted octanol–water partition coefficient (Wildman–Crippen LogP) is 5.61. The first-order valence-corrected chi connectivity index (χ1v) is 13.5. The maximum Gasteiger partial charge on any atom is 0.254 e. The number of aromatic nitrogens is 4. The van der Waals surface area contributed by atoms with Crippen molar-refractivity contribution in [2.45, 2.75) is 38.3 Å². The van der Waals surface area contributed by atoms with Crippen LogP contribution < -0.4 is 5.32 Å². The Bertz CT molecular complexity index is 1390. The number of hydrogen-bond donors (Lipinski definition) is 2. The number of amides is 1. The minimum atomic E-state index is -0.257. The van der Waals surface area contributed by atoms with Crippen LogP contribution in [0.25, 0.3) is 11.0 Å². The van der Waals surface area contributed by atoms with Crippen molar-refractivity contribution in [2.24, 2.45) is 11.8 Å². The molecule has 1 aromatic carbocycles. The number of carbonyl (C=O) groups is 1. The van der Waals surface area contributed by atoms with E-state index in [9.17, 15) is 4.79 Å². The van der Waals surface area contributed by atoms with Crippen LogP contribution in [-0.2, 0) is 13.0 Å². The first kappa shape index (κ1) is 24.3. The summed E-state index contributed by atoms with van der Waals surface area (Å²) in [5.74, 6) is 1.61. The van der Waals surface area contributed by atoms with Crippen molar-refractivity contribution < 1.29 is 4.79 Å². The second kappa shape index (κ2) is 10.4. The summed E-state index contributed by atoms with van der Waals surface area (Å²) >= 11 is 12.3. The van der Waals surface area contributed by atoms with E-state index in [1.54, 1.807) is 0 Å².